The fourth-order valence-electron chi connectivity index (χ4n) is 1.75. The number of amides is 1. The van der Waals surface area contributed by atoms with Crippen LogP contribution < -0.4 is 5.32 Å². The van der Waals surface area contributed by atoms with Crippen LogP contribution >= 0.6 is 0 Å². The zero-order valence-electron chi connectivity index (χ0n) is 13.0. The zero-order chi connectivity index (χ0) is 15.5. The smallest absolute Gasteiger partial charge is 0.407 e. The molecule has 1 amide bonds. The molecule has 0 spiro atoms. The predicted octanol–water partition coefficient (Wildman–Crippen LogP) is 2.51. The second kappa shape index (κ2) is 10.8. The summed E-state index contributed by atoms with van der Waals surface area (Å²) < 4.78 is 5.13. The summed E-state index contributed by atoms with van der Waals surface area (Å²) in [6.45, 7) is 9.49. The molecule has 2 atom stereocenters. The van der Waals surface area contributed by atoms with Crippen LogP contribution in [0, 0.1) is 5.92 Å². The summed E-state index contributed by atoms with van der Waals surface area (Å²) in [4.78, 5) is 21.9. The Morgan fingerprint density at radius 3 is 2.16 bits per heavy atom. The Morgan fingerprint density at radius 1 is 1.26 bits per heavy atom. The van der Waals surface area contributed by atoms with Gasteiger partial charge in [0.1, 0.15) is 11.9 Å². The highest BCUT2D eigenvalue weighted by atomic mass is 16.6. The Hall–Kier alpha value is -1.10. The van der Waals surface area contributed by atoms with Crippen LogP contribution in [0.5, 0.6) is 0 Å². The number of alkyl carbamates (subject to hydrolysis) is 1. The Morgan fingerprint density at radius 2 is 1.79 bits per heavy atom. The van der Waals surface area contributed by atoms with E-state index in [0.717, 1.165) is 32.7 Å². The van der Waals surface area contributed by atoms with Crippen LogP contribution in [0.15, 0.2) is 0 Å². The van der Waals surface area contributed by atoms with E-state index in [2.05, 4.69) is 5.32 Å². The molecule has 1 rings (SSSR count). The molecule has 0 aromatic rings. The van der Waals surface area contributed by atoms with Gasteiger partial charge < -0.3 is 20.0 Å². The van der Waals surface area contributed by atoms with Gasteiger partial charge in [0.2, 0.25) is 0 Å². The summed E-state index contributed by atoms with van der Waals surface area (Å²) in [5, 5.41) is 9.78. The van der Waals surface area contributed by atoms with Crippen molar-refractivity contribution in [2.45, 2.75) is 65.5 Å². The lowest BCUT2D eigenvalue weighted by atomic mass is 10.1. The maximum atomic E-state index is 11.4. The van der Waals surface area contributed by atoms with Gasteiger partial charge in [0.05, 0.1) is 0 Å². The summed E-state index contributed by atoms with van der Waals surface area (Å²) in [7, 11) is 1.00. The summed E-state index contributed by atoms with van der Waals surface area (Å²) in [5.41, 5.74) is -0.466. The summed E-state index contributed by atoms with van der Waals surface area (Å²) in [6, 6.07) is 0.0926. The third kappa shape index (κ3) is 10.5. The number of rotatable bonds is 2. The van der Waals surface area contributed by atoms with Gasteiger partial charge >= 0.3 is 6.09 Å². The minimum atomic E-state index is -0.466. The van der Waals surface area contributed by atoms with Gasteiger partial charge in [-0.15, -0.1) is 0 Å². The van der Waals surface area contributed by atoms with E-state index in [-0.39, 0.29) is 18.1 Å². The molecule has 2 unspecified atom stereocenters. The van der Waals surface area contributed by atoms with Crippen molar-refractivity contribution in [1.29, 1.82) is 0 Å². The molecule has 1 aliphatic rings. The van der Waals surface area contributed by atoms with Gasteiger partial charge in [-0.25, -0.2) is 4.79 Å². The van der Waals surface area contributed by atoms with Gasteiger partial charge in [-0.1, -0.05) is 13.8 Å². The molecule has 5 heteroatoms. The standard InChI is InChI=1S/C11H19NO3.C2H6.CH4O/c1-11(2,3)15-10(14)12-9-5-4-8(6-9)7-13;2*1-2/h7-9H,4-6H2,1-3H3,(H,12,14);1-2H3;2H,1H3. The molecule has 19 heavy (non-hydrogen) atoms. The fraction of sp³-hybridized carbons (Fsp3) is 0.857. The van der Waals surface area contributed by atoms with Gasteiger partial charge in [-0.05, 0) is 40.0 Å². The van der Waals surface area contributed by atoms with Crippen molar-refractivity contribution in [3.05, 3.63) is 0 Å². The summed E-state index contributed by atoms with van der Waals surface area (Å²) in [6.07, 6.45) is 3.05. The van der Waals surface area contributed by atoms with Crippen LogP contribution in [-0.4, -0.2) is 36.2 Å². The van der Waals surface area contributed by atoms with E-state index < -0.39 is 5.60 Å². The molecule has 0 radical (unpaired) electrons. The second-order valence-corrected chi connectivity index (χ2v) is 5.05. The predicted molar refractivity (Wildman–Crippen MR) is 76.1 cm³/mol. The number of nitrogens with one attached hydrogen (secondary N) is 1. The van der Waals surface area contributed by atoms with Crippen molar-refractivity contribution in [2.75, 3.05) is 7.11 Å². The van der Waals surface area contributed by atoms with Crippen LogP contribution in [0.2, 0.25) is 0 Å². The van der Waals surface area contributed by atoms with Gasteiger partial charge in [0.15, 0.2) is 0 Å². The Balaban J connectivity index is 0. The van der Waals surface area contributed by atoms with Crippen LogP contribution in [0.1, 0.15) is 53.9 Å². The SMILES string of the molecule is CC.CC(C)(C)OC(=O)NC1CCC(C=O)C1.CO. The number of carbonyl (C=O) groups is 2. The van der Waals surface area contributed by atoms with Gasteiger partial charge in [0.25, 0.3) is 0 Å². The molecular weight excluding hydrogens is 246 g/mol. The Labute approximate surface area is 116 Å². The molecule has 0 saturated heterocycles. The molecule has 114 valence electrons. The number of aliphatic hydroxyl groups excluding tert-OH is 1. The van der Waals surface area contributed by atoms with Crippen LogP contribution in [0.4, 0.5) is 4.79 Å². The number of hydrogen-bond acceptors (Lipinski definition) is 4. The molecule has 0 bridgehead atoms. The molecule has 0 heterocycles. The lowest BCUT2D eigenvalue weighted by Crippen LogP contribution is -2.37. The molecule has 2 N–H and O–H groups in total. The van der Waals surface area contributed by atoms with Crippen molar-refractivity contribution in [1.82, 2.24) is 5.32 Å². The monoisotopic (exact) mass is 275 g/mol. The van der Waals surface area contributed by atoms with Crippen LogP contribution in [0.25, 0.3) is 0 Å². The van der Waals surface area contributed by atoms with E-state index in [0.29, 0.717) is 0 Å². The van der Waals surface area contributed by atoms with Gasteiger partial charge in [-0.2, -0.15) is 0 Å². The number of ether oxygens (including phenoxy) is 1. The summed E-state index contributed by atoms with van der Waals surface area (Å²) in [5.74, 6) is 0.102. The van der Waals surface area contributed by atoms with Crippen molar-refractivity contribution in [3.63, 3.8) is 0 Å². The molecule has 0 aromatic heterocycles. The quantitative estimate of drug-likeness (QED) is 0.759. The highest BCUT2D eigenvalue weighted by Gasteiger charge is 2.27. The van der Waals surface area contributed by atoms with E-state index >= 15 is 0 Å². The molecule has 1 fully saturated rings. The largest absolute Gasteiger partial charge is 0.444 e. The van der Waals surface area contributed by atoms with E-state index in [4.69, 9.17) is 9.84 Å². The van der Waals surface area contributed by atoms with Crippen molar-refractivity contribution >= 4 is 12.4 Å². The van der Waals surface area contributed by atoms with Gasteiger partial charge in [-0.3, -0.25) is 0 Å². The summed E-state index contributed by atoms with van der Waals surface area (Å²) >= 11 is 0. The lowest BCUT2D eigenvalue weighted by molar-refractivity contribution is -0.110. The van der Waals surface area contributed by atoms with Crippen LogP contribution in [-0.2, 0) is 9.53 Å². The zero-order valence-corrected chi connectivity index (χ0v) is 13.0. The number of hydrogen-bond donors (Lipinski definition) is 2. The van der Waals surface area contributed by atoms with Crippen molar-refractivity contribution < 1.29 is 19.4 Å². The Kier molecular flexibility index (Phi) is 11.5. The minimum absolute atomic E-state index is 0.0926. The van der Waals surface area contributed by atoms with Crippen molar-refractivity contribution in [3.8, 4) is 0 Å². The first kappa shape index (κ1) is 20.2. The van der Waals surface area contributed by atoms with Crippen molar-refractivity contribution in [2.24, 2.45) is 5.92 Å². The highest BCUT2D eigenvalue weighted by molar-refractivity contribution is 5.68. The average Bonchev–Trinajstić information content (AvgIpc) is 2.79. The molecule has 1 aliphatic carbocycles. The minimum Gasteiger partial charge on any atom is -0.444 e. The van der Waals surface area contributed by atoms with E-state index in [1.54, 1.807) is 0 Å². The maximum Gasteiger partial charge on any atom is 0.407 e. The molecule has 0 aromatic carbocycles. The third-order valence-electron chi connectivity index (χ3n) is 2.39. The first-order valence-electron chi connectivity index (χ1n) is 6.80. The fourth-order valence-corrected chi connectivity index (χ4v) is 1.75. The topological polar surface area (TPSA) is 75.6 Å². The number of aliphatic hydroxyl groups is 1. The lowest BCUT2D eigenvalue weighted by Gasteiger charge is -2.21. The highest BCUT2D eigenvalue weighted by Crippen LogP contribution is 2.23. The van der Waals surface area contributed by atoms with E-state index in [1.165, 1.54) is 0 Å². The first-order chi connectivity index (χ1) is 8.90. The molecule has 1 saturated carbocycles. The maximum absolute atomic E-state index is 11.4. The second-order valence-electron chi connectivity index (χ2n) is 5.05. The van der Waals surface area contributed by atoms with E-state index in [1.807, 2.05) is 34.6 Å². The number of aldehydes is 1. The average molecular weight is 275 g/mol. The Bertz CT molecular complexity index is 248. The normalized spacial score (nSPS) is 21.2. The van der Waals surface area contributed by atoms with E-state index in [9.17, 15) is 9.59 Å². The van der Waals surface area contributed by atoms with Gasteiger partial charge in [0, 0.05) is 19.1 Å². The van der Waals surface area contributed by atoms with Crippen LogP contribution in [0.3, 0.4) is 0 Å². The molecular formula is C14H29NO4. The molecule has 0 aliphatic heterocycles. The first-order valence-corrected chi connectivity index (χ1v) is 6.80. The number of carbonyl (C=O) groups excluding carboxylic acids is 2. The molecule has 5 nitrogen and oxygen atoms in total. The third-order valence-corrected chi connectivity index (χ3v) is 2.39.